The molecule has 0 saturated heterocycles. The monoisotopic (exact) mass is 167 g/mol. The molecule has 0 unspecified atom stereocenters. The van der Waals surface area contributed by atoms with Gasteiger partial charge in [0.1, 0.15) is 0 Å². The van der Waals surface area contributed by atoms with Gasteiger partial charge in [-0.2, -0.15) is 0 Å². The number of hydrogen-bond acceptors (Lipinski definition) is 2. The van der Waals surface area contributed by atoms with Gasteiger partial charge in [0.2, 0.25) is 0 Å². The van der Waals surface area contributed by atoms with Gasteiger partial charge in [-0.05, 0) is 30.7 Å². The zero-order valence-corrected chi connectivity index (χ0v) is 6.81. The van der Waals surface area contributed by atoms with E-state index in [0.717, 1.165) is 6.42 Å². The smallest absolute Gasteiger partial charge is 0.307 e. The van der Waals surface area contributed by atoms with E-state index in [9.17, 15) is 4.79 Å². The van der Waals surface area contributed by atoms with Crippen LogP contribution in [0.25, 0.3) is 0 Å². The molecule has 0 heterocycles. The molecule has 0 aromatic carbocycles. The lowest BCUT2D eigenvalue weighted by atomic mass is 9.83. The highest BCUT2D eigenvalue weighted by molar-refractivity contribution is 5.72. The fourth-order valence-electron chi connectivity index (χ4n) is 2.61. The van der Waals surface area contributed by atoms with Gasteiger partial charge in [-0.25, -0.2) is 0 Å². The third-order valence-electron chi connectivity index (χ3n) is 3.18. The summed E-state index contributed by atoms with van der Waals surface area (Å²) in [6.45, 7) is 0.502. The van der Waals surface area contributed by atoms with Gasteiger partial charge in [0.25, 0.3) is 0 Å². The maximum absolute atomic E-state index is 10.9. The number of fused-ring (bicyclic) bond motifs is 2. The number of rotatable bonds is 2. The minimum atomic E-state index is -0.678. The maximum Gasteiger partial charge on any atom is 0.307 e. The molecule has 12 heavy (non-hydrogen) atoms. The molecule has 2 rings (SSSR count). The van der Waals surface area contributed by atoms with Gasteiger partial charge >= 0.3 is 5.97 Å². The molecule has 3 nitrogen and oxygen atoms in total. The van der Waals surface area contributed by atoms with Gasteiger partial charge in [-0.3, -0.25) is 4.79 Å². The molecule has 2 bridgehead atoms. The van der Waals surface area contributed by atoms with Crippen molar-refractivity contribution in [2.75, 3.05) is 6.54 Å². The summed E-state index contributed by atoms with van der Waals surface area (Å²) in [4.78, 5) is 10.9. The summed E-state index contributed by atoms with van der Waals surface area (Å²) in [6, 6.07) is 0. The predicted molar refractivity (Wildman–Crippen MR) is 44.4 cm³/mol. The van der Waals surface area contributed by atoms with Crippen molar-refractivity contribution in [2.45, 2.75) is 6.42 Å². The average Bonchev–Trinajstić information content (AvgIpc) is 2.60. The van der Waals surface area contributed by atoms with Crippen molar-refractivity contribution in [2.24, 2.45) is 29.4 Å². The SMILES string of the molecule is NC[C@H]1[C@@H](C(=O)O)[C@H]2C=C[C@@H]1C2. The summed E-state index contributed by atoms with van der Waals surface area (Å²) >= 11 is 0. The van der Waals surface area contributed by atoms with Crippen LogP contribution >= 0.6 is 0 Å². The second-order valence-electron chi connectivity index (χ2n) is 3.71. The van der Waals surface area contributed by atoms with Gasteiger partial charge in [0, 0.05) is 0 Å². The quantitative estimate of drug-likeness (QED) is 0.587. The Balaban J connectivity index is 2.23. The van der Waals surface area contributed by atoms with E-state index >= 15 is 0 Å². The first-order valence-corrected chi connectivity index (χ1v) is 4.35. The lowest BCUT2D eigenvalue weighted by Crippen LogP contribution is -2.32. The van der Waals surface area contributed by atoms with Crippen LogP contribution in [0.1, 0.15) is 6.42 Å². The highest BCUT2D eigenvalue weighted by Crippen LogP contribution is 2.47. The van der Waals surface area contributed by atoms with Crippen molar-refractivity contribution in [1.82, 2.24) is 0 Å². The zero-order chi connectivity index (χ0) is 8.72. The summed E-state index contributed by atoms with van der Waals surface area (Å²) in [6.07, 6.45) is 5.16. The molecule has 3 heteroatoms. The van der Waals surface area contributed by atoms with Crippen molar-refractivity contribution in [3.63, 3.8) is 0 Å². The fourth-order valence-corrected chi connectivity index (χ4v) is 2.61. The van der Waals surface area contributed by atoms with Crippen LogP contribution in [0, 0.1) is 23.7 Å². The van der Waals surface area contributed by atoms with E-state index in [0.29, 0.717) is 12.5 Å². The molecule has 1 saturated carbocycles. The van der Waals surface area contributed by atoms with Crippen molar-refractivity contribution >= 4 is 5.97 Å². The van der Waals surface area contributed by atoms with Crippen molar-refractivity contribution in [3.05, 3.63) is 12.2 Å². The highest BCUT2D eigenvalue weighted by Gasteiger charge is 2.47. The minimum Gasteiger partial charge on any atom is -0.481 e. The molecule has 0 aromatic heterocycles. The van der Waals surface area contributed by atoms with E-state index in [1.807, 2.05) is 6.08 Å². The van der Waals surface area contributed by atoms with Gasteiger partial charge in [0.05, 0.1) is 5.92 Å². The molecular weight excluding hydrogens is 154 g/mol. The van der Waals surface area contributed by atoms with E-state index < -0.39 is 5.97 Å². The molecule has 66 valence electrons. The Morgan fingerprint density at radius 1 is 1.50 bits per heavy atom. The third kappa shape index (κ3) is 0.894. The van der Waals surface area contributed by atoms with Crippen LogP contribution in [-0.2, 0) is 4.79 Å². The summed E-state index contributed by atoms with van der Waals surface area (Å²) in [5, 5.41) is 8.95. The van der Waals surface area contributed by atoms with Gasteiger partial charge < -0.3 is 10.8 Å². The Morgan fingerprint density at radius 2 is 2.17 bits per heavy atom. The summed E-state index contributed by atoms with van der Waals surface area (Å²) in [5.41, 5.74) is 5.55. The van der Waals surface area contributed by atoms with Gasteiger partial charge in [0.15, 0.2) is 0 Å². The standard InChI is InChI=1S/C9H13NO2/c10-4-7-5-1-2-6(3-5)8(7)9(11)12/h1-2,5-8H,3-4,10H2,(H,11,12)/t5-,6+,7-,8+/m1/s1. The predicted octanol–water partition coefficient (Wildman–Crippen LogP) is 0.468. The molecule has 1 fully saturated rings. The molecule has 0 aromatic rings. The van der Waals surface area contributed by atoms with Crippen molar-refractivity contribution < 1.29 is 9.90 Å². The molecule has 2 aliphatic rings. The van der Waals surface area contributed by atoms with Crippen molar-refractivity contribution in [3.8, 4) is 0 Å². The number of nitrogens with two attached hydrogens (primary N) is 1. The first kappa shape index (κ1) is 7.80. The van der Waals surface area contributed by atoms with Gasteiger partial charge in [-0.15, -0.1) is 0 Å². The third-order valence-corrected chi connectivity index (χ3v) is 3.18. The topological polar surface area (TPSA) is 63.3 Å². The zero-order valence-electron chi connectivity index (χ0n) is 6.81. The molecule has 4 atom stereocenters. The summed E-state index contributed by atoms with van der Waals surface area (Å²) in [5.74, 6) is -0.0352. The number of carboxylic acid groups (broad SMARTS) is 1. The first-order valence-electron chi connectivity index (χ1n) is 4.35. The Kier molecular flexibility index (Phi) is 1.68. The lowest BCUT2D eigenvalue weighted by Gasteiger charge is -2.22. The van der Waals surface area contributed by atoms with E-state index in [-0.39, 0.29) is 17.8 Å². The number of allylic oxidation sites excluding steroid dienone is 2. The normalized spacial score (nSPS) is 43.8. The van der Waals surface area contributed by atoms with Crippen LogP contribution in [0.4, 0.5) is 0 Å². The summed E-state index contributed by atoms with van der Waals surface area (Å²) in [7, 11) is 0. The van der Waals surface area contributed by atoms with Crippen LogP contribution in [0.5, 0.6) is 0 Å². The van der Waals surface area contributed by atoms with Crippen LogP contribution in [0.2, 0.25) is 0 Å². The van der Waals surface area contributed by atoms with Gasteiger partial charge in [-0.1, -0.05) is 12.2 Å². The largest absolute Gasteiger partial charge is 0.481 e. The Hall–Kier alpha value is -0.830. The van der Waals surface area contributed by atoms with E-state index in [1.165, 1.54) is 0 Å². The maximum atomic E-state index is 10.9. The van der Waals surface area contributed by atoms with E-state index in [4.69, 9.17) is 10.8 Å². The fraction of sp³-hybridized carbons (Fsp3) is 0.667. The van der Waals surface area contributed by atoms with E-state index in [2.05, 4.69) is 6.08 Å². The molecular formula is C9H13NO2. The molecule has 3 N–H and O–H groups in total. The molecule has 0 radical (unpaired) electrons. The van der Waals surface area contributed by atoms with Crippen LogP contribution in [0.3, 0.4) is 0 Å². The summed E-state index contributed by atoms with van der Waals surface area (Å²) < 4.78 is 0. The van der Waals surface area contributed by atoms with E-state index in [1.54, 1.807) is 0 Å². The molecule has 0 aliphatic heterocycles. The number of hydrogen-bond donors (Lipinski definition) is 2. The van der Waals surface area contributed by atoms with Crippen molar-refractivity contribution in [1.29, 1.82) is 0 Å². The second-order valence-corrected chi connectivity index (χ2v) is 3.71. The first-order chi connectivity index (χ1) is 5.74. The Morgan fingerprint density at radius 3 is 2.67 bits per heavy atom. The average molecular weight is 167 g/mol. The number of aliphatic carboxylic acids is 1. The number of carbonyl (C=O) groups is 1. The highest BCUT2D eigenvalue weighted by atomic mass is 16.4. The Bertz CT molecular complexity index is 237. The van der Waals surface area contributed by atoms with Crippen LogP contribution in [-0.4, -0.2) is 17.6 Å². The lowest BCUT2D eigenvalue weighted by molar-refractivity contribution is -0.144. The second kappa shape index (κ2) is 2.59. The number of carboxylic acids is 1. The molecule has 0 amide bonds. The molecule has 0 spiro atoms. The van der Waals surface area contributed by atoms with Crippen LogP contribution < -0.4 is 5.73 Å². The van der Waals surface area contributed by atoms with Crippen LogP contribution in [0.15, 0.2) is 12.2 Å². The molecule has 2 aliphatic carbocycles. The Labute approximate surface area is 71.3 Å². The minimum absolute atomic E-state index is 0.178.